The number of aryl methyl sites for hydroxylation is 1. The number of H-pyrrole nitrogens is 1. The van der Waals surface area contributed by atoms with Crippen LogP contribution in [-0.4, -0.2) is 51.9 Å². The summed E-state index contributed by atoms with van der Waals surface area (Å²) in [6.07, 6.45) is -0.746. The lowest BCUT2D eigenvalue weighted by Crippen LogP contribution is -2.49. The predicted octanol–water partition coefficient (Wildman–Crippen LogP) is 3.44. The van der Waals surface area contributed by atoms with Gasteiger partial charge in [0.05, 0.1) is 5.56 Å². The van der Waals surface area contributed by atoms with Crippen LogP contribution in [0.3, 0.4) is 0 Å². The van der Waals surface area contributed by atoms with Crippen LogP contribution < -0.4 is 10.5 Å². The zero-order valence-corrected chi connectivity index (χ0v) is 18.6. The summed E-state index contributed by atoms with van der Waals surface area (Å²) in [6.45, 7) is 3.44. The number of hydrogen-bond donors (Lipinski definition) is 1. The van der Waals surface area contributed by atoms with Gasteiger partial charge in [0.15, 0.2) is 0 Å². The molecular formula is C24H24F3N5O2. The van der Waals surface area contributed by atoms with Gasteiger partial charge in [0.1, 0.15) is 5.82 Å². The molecule has 1 aliphatic heterocycles. The number of hydrogen-bond acceptors (Lipinski definition) is 5. The van der Waals surface area contributed by atoms with E-state index in [1.165, 1.54) is 6.07 Å². The van der Waals surface area contributed by atoms with Crippen LogP contribution in [0.4, 0.5) is 18.9 Å². The van der Waals surface area contributed by atoms with Crippen LogP contribution in [0.1, 0.15) is 23.2 Å². The number of nitrogens with zero attached hydrogens (tertiary/aromatic N) is 4. The summed E-state index contributed by atoms with van der Waals surface area (Å²) < 4.78 is 39.0. The first-order chi connectivity index (χ1) is 16.2. The molecule has 4 rings (SSSR count). The van der Waals surface area contributed by atoms with Crippen molar-refractivity contribution >= 4 is 11.6 Å². The van der Waals surface area contributed by atoms with E-state index in [1.54, 1.807) is 42.4 Å². The molecule has 1 N–H and O–H groups in total. The Balaban J connectivity index is 1.35. The molecule has 1 aliphatic rings. The van der Waals surface area contributed by atoms with Crippen molar-refractivity contribution in [1.82, 2.24) is 19.9 Å². The Labute approximate surface area is 194 Å². The van der Waals surface area contributed by atoms with Crippen LogP contribution in [0.15, 0.2) is 53.6 Å². The van der Waals surface area contributed by atoms with Crippen molar-refractivity contribution in [3.8, 4) is 11.4 Å². The highest BCUT2D eigenvalue weighted by Crippen LogP contribution is 2.32. The molecule has 1 aromatic carbocycles. The lowest BCUT2D eigenvalue weighted by Gasteiger charge is -2.36. The van der Waals surface area contributed by atoms with Gasteiger partial charge in [0.2, 0.25) is 5.91 Å². The van der Waals surface area contributed by atoms with E-state index in [0.29, 0.717) is 48.9 Å². The van der Waals surface area contributed by atoms with Gasteiger partial charge in [-0.2, -0.15) is 13.2 Å². The zero-order valence-electron chi connectivity index (χ0n) is 18.6. The number of aromatic nitrogens is 3. The van der Waals surface area contributed by atoms with Gasteiger partial charge >= 0.3 is 6.18 Å². The molecule has 2 aromatic heterocycles. The third-order valence-electron chi connectivity index (χ3n) is 5.94. The minimum absolute atomic E-state index is 0.0966. The fourth-order valence-corrected chi connectivity index (χ4v) is 4.03. The number of nitrogens with one attached hydrogen (secondary N) is 1. The van der Waals surface area contributed by atoms with Crippen molar-refractivity contribution in [2.24, 2.45) is 0 Å². The number of piperazine rings is 1. The molecule has 0 spiro atoms. The second-order valence-electron chi connectivity index (χ2n) is 8.13. The van der Waals surface area contributed by atoms with Gasteiger partial charge in [-0.3, -0.25) is 14.6 Å². The van der Waals surface area contributed by atoms with Crippen molar-refractivity contribution in [1.29, 1.82) is 0 Å². The van der Waals surface area contributed by atoms with Gasteiger partial charge in [0, 0.05) is 67.5 Å². The van der Waals surface area contributed by atoms with Crippen molar-refractivity contribution < 1.29 is 18.0 Å². The van der Waals surface area contributed by atoms with Crippen LogP contribution in [0.25, 0.3) is 11.4 Å². The molecule has 1 saturated heterocycles. The average molecular weight is 471 g/mol. The molecule has 10 heteroatoms. The lowest BCUT2D eigenvalue weighted by atomic mass is 10.1. The van der Waals surface area contributed by atoms with Crippen LogP contribution in [0, 0.1) is 6.92 Å². The van der Waals surface area contributed by atoms with E-state index in [4.69, 9.17) is 0 Å². The monoisotopic (exact) mass is 471 g/mol. The Morgan fingerprint density at radius 1 is 1.09 bits per heavy atom. The second-order valence-corrected chi connectivity index (χ2v) is 8.13. The first-order valence-electron chi connectivity index (χ1n) is 10.9. The van der Waals surface area contributed by atoms with E-state index in [9.17, 15) is 22.8 Å². The summed E-state index contributed by atoms with van der Waals surface area (Å²) in [7, 11) is 0. The fraction of sp³-hybridized carbons (Fsp3) is 0.333. The van der Waals surface area contributed by atoms with Crippen LogP contribution in [-0.2, 0) is 17.4 Å². The van der Waals surface area contributed by atoms with Gasteiger partial charge < -0.3 is 14.8 Å². The molecule has 7 nitrogen and oxygen atoms in total. The molecule has 0 radical (unpaired) electrons. The Morgan fingerprint density at radius 3 is 2.44 bits per heavy atom. The minimum Gasteiger partial charge on any atom is -0.368 e. The van der Waals surface area contributed by atoms with E-state index in [1.807, 2.05) is 4.90 Å². The van der Waals surface area contributed by atoms with Crippen molar-refractivity contribution in [2.45, 2.75) is 25.9 Å². The highest BCUT2D eigenvalue weighted by Gasteiger charge is 2.31. The SMILES string of the molecule is Cc1nc(-c2ccncc2)[nH]c(=O)c1CCC(=O)N1CCN(c2cccc(C(F)(F)F)c2)CC1. The number of alkyl halides is 3. The standard InChI is InChI=1S/C24H24F3N5O2/c1-16-20(23(34)30-22(29-16)17-7-9-28-10-8-17)5-6-21(33)32-13-11-31(12-14-32)19-4-2-3-18(15-19)24(25,26)27/h2-4,7-10,15H,5-6,11-14H2,1H3,(H,29,30,34). The van der Waals surface area contributed by atoms with E-state index in [0.717, 1.165) is 17.7 Å². The number of pyridine rings is 1. The molecule has 178 valence electrons. The Morgan fingerprint density at radius 2 is 1.79 bits per heavy atom. The first-order valence-corrected chi connectivity index (χ1v) is 10.9. The highest BCUT2D eigenvalue weighted by atomic mass is 19.4. The maximum absolute atomic E-state index is 13.0. The normalized spacial score (nSPS) is 14.4. The van der Waals surface area contributed by atoms with Gasteiger partial charge in [-0.15, -0.1) is 0 Å². The Bertz CT molecular complexity index is 1220. The topological polar surface area (TPSA) is 82.2 Å². The number of benzene rings is 1. The predicted molar refractivity (Wildman–Crippen MR) is 121 cm³/mol. The smallest absolute Gasteiger partial charge is 0.368 e. The number of carbonyl (C=O) groups excluding carboxylic acids is 1. The largest absolute Gasteiger partial charge is 0.416 e. The van der Waals surface area contributed by atoms with E-state index >= 15 is 0 Å². The van der Waals surface area contributed by atoms with Crippen LogP contribution in [0.5, 0.6) is 0 Å². The Hall–Kier alpha value is -3.69. The minimum atomic E-state index is -4.39. The number of halogens is 3. The Kier molecular flexibility index (Phi) is 6.67. The molecule has 3 aromatic rings. The molecule has 0 bridgehead atoms. The molecule has 0 unspecified atom stereocenters. The average Bonchev–Trinajstić information content (AvgIpc) is 2.83. The van der Waals surface area contributed by atoms with Crippen LogP contribution in [0.2, 0.25) is 0 Å². The number of rotatable bonds is 5. The lowest BCUT2D eigenvalue weighted by molar-refractivity contribution is -0.137. The highest BCUT2D eigenvalue weighted by molar-refractivity contribution is 5.77. The third kappa shape index (κ3) is 5.27. The van der Waals surface area contributed by atoms with Crippen molar-refractivity contribution in [2.75, 3.05) is 31.1 Å². The van der Waals surface area contributed by atoms with Crippen LogP contribution >= 0.6 is 0 Å². The maximum atomic E-state index is 13.0. The summed E-state index contributed by atoms with van der Waals surface area (Å²) in [6, 6.07) is 8.72. The maximum Gasteiger partial charge on any atom is 0.416 e. The summed E-state index contributed by atoms with van der Waals surface area (Å²) in [5.41, 5.74) is 1.31. The molecule has 34 heavy (non-hydrogen) atoms. The molecular weight excluding hydrogens is 447 g/mol. The number of amides is 1. The number of anilines is 1. The van der Waals surface area contributed by atoms with Gasteiger partial charge in [0.25, 0.3) is 5.56 Å². The first kappa shape index (κ1) is 23.5. The van der Waals surface area contributed by atoms with Crippen molar-refractivity contribution in [3.05, 3.63) is 76.0 Å². The number of aromatic amines is 1. The molecule has 0 saturated carbocycles. The zero-order chi connectivity index (χ0) is 24.3. The van der Waals surface area contributed by atoms with Gasteiger partial charge in [-0.1, -0.05) is 6.07 Å². The summed E-state index contributed by atoms with van der Waals surface area (Å²) in [4.78, 5) is 40.0. The summed E-state index contributed by atoms with van der Waals surface area (Å²) in [5, 5.41) is 0. The molecule has 0 atom stereocenters. The molecule has 1 fully saturated rings. The quantitative estimate of drug-likeness (QED) is 0.617. The summed E-state index contributed by atoms with van der Waals surface area (Å²) in [5.74, 6) is 0.353. The fourth-order valence-electron chi connectivity index (χ4n) is 4.03. The second kappa shape index (κ2) is 9.66. The molecule has 1 amide bonds. The van der Waals surface area contributed by atoms with E-state index in [-0.39, 0.29) is 24.3 Å². The third-order valence-corrected chi connectivity index (χ3v) is 5.94. The van der Waals surface area contributed by atoms with Crippen molar-refractivity contribution in [3.63, 3.8) is 0 Å². The van der Waals surface area contributed by atoms with Gasteiger partial charge in [-0.25, -0.2) is 4.98 Å². The van der Waals surface area contributed by atoms with E-state index in [2.05, 4.69) is 15.0 Å². The molecule has 3 heterocycles. The van der Waals surface area contributed by atoms with E-state index < -0.39 is 11.7 Å². The van der Waals surface area contributed by atoms with Gasteiger partial charge in [-0.05, 0) is 43.7 Å². The summed E-state index contributed by atoms with van der Waals surface area (Å²) >= 11 is 0. The molecule has 0 aliphatic carbocycles. The number of carbonyl (C=O) groups is 1.